The summed E-state index contributed by atoms with van der Waals surface area (Å²) in [4.78, 5) is 0. The summed E-state index contributed by atoms with van der Waals surface area (Å²) >= 11 is 0. The first-order valence-electron chi connectivity index (χ1n) is 44.2. The monoisotopic (exact) mass is 1720 g/mol. The lowest BCUT2D eigenvalue weighted by Crippen LogP contribution is -2.20. The Kier molecular flexibility index (Phi) is 105. The lowest BCUT2D eigenvalue weighted by atomic mass is 10.1. The first-order valence-corrected chi connectivity index (χ1v) is 51.0. The highest BCUT2D eigenvalue weighted by Crippen LogP contribution is 2.19. The fraction of sp³-hybridized carbons (Fsp3) is 0.882. The number of hydrogen-bond acceptors (Lipinski definition) is 19. The van der Waals surface area contributed by atoms with Gasteiger partial charge < -0.3 is 14.9 Å². The minimum Gasteiger partial charge on any atom is -0.396 e. The molecule has 0 amide bonds. The lowest BCUT2D eigenvalue weighted by molar-refractivity contribution is 0.142. The highest BCUT2D eigenvalue weighted by molar-refractivity contribution is 7.82. The van der Waals surface area contributed by atoms with Crippen LogP contribution in [0.2, 0.25) is 0 Å². The van der Waals surface area contributed by atoms with Crippen LogP contribution >= 0.6 is 0 Å². The van der Waals surface area contributed by atoms with Crippen LogP contribution in [0.15, 0.2) is 60.8 Å². The fourth-order valence-corrected chi connectivity index (χ4v) is 13.5. The Hall–Kier alpha value is -2.07. The van der Waals surface area contributed by atoms with E-state index >= 15 is 0 Å². The number of ether oxygens (including phenoxy) is 1. The Bertz CT molecular complexity index is 2480. The Morgan fingerprint density at radius 2 is 0.469 bits per heavy atom. The summed E-state index contributed by atoms with van der Waals surface area (Å²) in [6, 6.07) is 0. The Morgan fingerprint density at radius 3 is 0.690 bits per heavy atom. The molecule has 0 aliphatic heterocycles. The van der Waals surface area contributed by atoms with E-state index in [1.54, 1.807) is 7.11 Å². The molecule has 0 spiro atoms. The lowest BCUT2D eigenvalue weighted by Gasteiger charge is -2.15. The van der Waals surface area contributed by atoms with Crippen LogP contribution in [-0.4, -0.2) is 136 Å². The molecule has 0 aromatic carbocycles. The molecule has 6 N–H and O–H groups in total. The van der Waals surface area contributed by atoms with Crippen LogP contribution in [-0.2, 0) is 81.8 Å². The van der Waals surface area contributed by atoms with Crippen molar-refractivity contribution in [1.82, 2.24) is 0 Å². The molecule has 680 valence electrons. The van der Waals surface area contributed by atoms with Crippen LogP contribution < -0.4 is 0 Å². The molecule has 2 atom stereocenters. The minimum absolute atomic E-state index is 0.0571. The number of methoxy groups -OCH3 is 1. The molecule has 0 saturated carbocycles. The summed E-state index contributed by atoms with van der Waals surface area (Å²) in [5.41, 5.74) is 0. The molecule has 28 heteroatoms. The number of aliphatic hydroxyl groups excluding tert-OH is 2. The fourth-order valence-electron chi connectivity index (χ4n) is 11.2. The number of aliphatic hydroxyl groups is 2. The third-order valence-corrected chi connectivity index (χ3v) is 20.6. The van der Waals surface area contributed by atoms with Gasteiger partial charge in [0.25, 0.3) is 0 Å². The average Bonchev–Trinajstić information content (AvgIpc) is 0.907. The molecule has 2 unspecified atom stereocenters. The van der Waals surface area contributed by atoms with Gasteiger partial charge in [-0.25, -0.2) is 25.1 Å². The maximum atomic E-state index is 12.1. The second-order valence-electron chi connectivity index (χ2n) is 28.6. The molecule has 23 nitrogen and oxygen atoms in total. The van der Waals surface area contributed by atoms with E-state index in [0.717, 1.165) is 199 Å². The van der Waals surface area contributed by atoms with Crippen LogP contribution in [0.5, 0.6) is 0 Å². The first kappa shape index (κ1) is 122. The highest BCUT2D eigenvalue weighted by atomic mass is 32.3. The van der Waals surface area contributed by atoms with Crippen LogP contribution in [0.3, 0.4) is 0 Å². The van der Waals surface area contributed by atoms with E-state index in [4.69, 9.17) is 36.4 Å². The number of allylic oxidation sites excluding steroid dienone is 10. The van der Waals surface area contributed by atoms with Gasteiger partial charge in [0, 0.05) is 20.3 Å². The zero-order chi connectivity index (χ0) is 85.6. The second-order valence-corrected chi connectivity index (χ2v) is 34.2. The molecule has 0 aromatic rings. The maximum absolute atomic E-state index is 12.1. The number of unbranched alkanes of at least 4 members (excludes halogenated alkanes) is 42. The summed E-state index contributed by atoms with van der Waals surface area (Å²) in [6.07, 6.45) is 84.7. The predicted octanol–water partition coefficient (Wildman–Crippen LogP) is 24.4. The van der Waals surface area contributed by atoms with Crippen molar-refractivity contribution in [1.29, 1.82) is 0 Å². The van der Waals surface area contributed by atoms with Crippen molar-refractivity contribution in [3.05, 3.63) is 60.8 Å². The number of hydrogen-bond donors (Lipinski definition) is 6. The van der Waals surface area contributed by atoms with Crippen LogP contribution in [0.1, 0.15) is 421 Å². The zero-order valence-corrected chi connectivity index (χ0v) is 76.6. The molecule has 0 aliphatic carbocycles. The maximum Gasteiger partial charge on any atom is 0.400 e. The van der Waals surface area contributed by atoms with Gasteiger partial charge in [-0.05, 0) is 167 Å². The summed E-state index contributed by atoms with van der Waals surface area (Å²) in [7, 11) is -19.1. The van der Waals surface area contributed by atoms with Crippen molar-refractivity contribution in [3.8, 4) is 0 Å². The Balaban J connectivity index is -0.000000312. The normalized spacial score (nSPS) is 12.7. The van der Waals surface area contributed by atoms with E-state index in [2.05, 4.69) is 112 Å². The molecular weight excluding hydrogens is 1550 g/mol. The molecule has 0 rings (SSSR count). The van der Waals surface area contributed by atoms with E-state index in [1.165, 1.54) is 148 Å². The van der Waals surface area contributed by atoms with Gasteiger partial charge in [-0.15, -0.1) is 0 Å². The molecule has 0 aromatic heterocycles. The van der Waals surface area contributed by atoms with Crippen LogP contribution in [0, 0.1) is 0 Å². The summed E-state index contributed by atoms with van der Waals surface area (Å²) in [5, 5.41) is 17.9. The van der Waals surface area contributed by atoms with E-state index in [1.807, 2.05) is 13.8 Å². The second kappa shape index (κ2) is 97.1. The van der Waals surface area contributed by atoms with Crippen molar-refractivity contribution < 1.29 is 100 Å². The van der Waals surface area contributed by atoms with E-state index < -0.39 is 52.0 Å². The SMILES string of the molecule is CC/C=C/CCCCCCCCO.CC/C=C/CCCCCCCCOS(=O)(=O)O.CC/C=C/CCCCCCCCOS(=O)(=O)O.CC/C=C/CCCCCCCCOS(=O)(=O)O.CC/C=C/CCCCCCCCOS(=O)(=O)OC(CC)CCCCCCCCCOC.CCC(O)CCCCCCCCCOS(=O)(=O)O. The van der Waals surface area contributed by atoms with Gasteiger partial charge >= 0.3 is 52.0 Å². The summed E-state index contributed by atoms with van der Waals surface area (Å²) in [6.45, 7) is 16.4. The minimum atomic E-state index is -4.26. The van der Waals surface area contributed by atoms with Crippen molar-refractivity contribution >= 4 is 52.0 Å². The van der Waals surface area contributed by atoms with Gasteiger partial charge in [0.2, 0.25) is 0 Å². The van der Waals surface area contributed by atoms with Crippen molar-refractivity contribution in [2.24, 2.45) is 0 Å². The standard InChI is InChI=1S/C25H50O5S.C12H26O5S.3C12H24O4S.C12H24O/c1-4-6-7-8-9-10-11-15-18-21-24-29-31(26,27)30-25(5-2)22-19-16-13-12-14-17-20-23-28-3;1-2-12(13)10-8-6-4-3-5-7-9-11-17-18(14,15)16;3*1-2-3-4-5-6-7-8-9-10-11-12-16-17(13,14)15;1-2-3-4-5-6-7-8-9-10-11-12-13/h6-7,25H,4-5,8-24H2,1-3H3;12-13H,2-11H2,1H3,(H,14,15,16);3*3-4H,2,5-12H2,1H3,(H,13,14,15);3-4,13H,2,5-12H2,1H3/b7-6+;;4*4-3+. The highest BCUT2D eigenvalue weighted by Gasteiger charge is 2.19. The first-order chi connectivity index (χ1) is 54.1. The van der Waals surface area contributed by atoms with Crippen LogP contribution in [0.25, 0.3) is 0 Å². The number of rotatable bonds is 78. The summed E-state index contributed by atoms with van der Waals surface area (Å²) < 4.78 is 171. The predicted molar refractivity (Wildman–Crippen MR) is 468 cm³/mol. The van der Waals surface area contributed by atoms with Crippen molar-refractivity contribution in [2.75, 3.05) is 53.4 Å². The van der Waals surface area contributed by atoms with Gasteiger partial charge in [0.05, 0.1) is 45.2 Å². The molecule has 0 aliphatic rings. The van der Waals surface area contributed by atoms with Gasteiger partial charge in [0.1, 0.15) is 0 Å². The van der Waals surface area contributed by atoms with E-state index in [9.17, 15) is 47.2 Å². The third-order valence-electron chi connectivity index (χ3n) is 17.7. The molecule has 0 radical (unpaired) electrons. The smallest absolute Gasteiger partial charge is 0.396 e. The van der Waals surface area contributed by atoms with Crippen molar-refractivity contribution in [2.45, 2.75) is 433 Å². The summed E-state index contributed by atoms with van der Waals surface area (Å²) in [5.74, 6) is 0. The van der Waals surface area contributed by atoms with E-state index in [0.29, 0.717) is 38.7 Å². The topological polar surface area (TPSA) is 357 Å². The van der Waals surface area contributed by atoms with Gasteiger partial charge in [-0.3, -0.25) is 18.2 Å². The molecule has 0 bridgehead atoms. The molecular formula is C85H172O23S5. The average molecular weight is 1720 g/mol. The van der Waals surface area contributed by atoms with Crippen molar-refractivity contribution in [3.63, 3.8) is 0 Å². The van der Waals surface area contributed by atoms with Gasteiger partial charge in [-0.1, -0.05) is 315 Å². The Labute approximate surface area is 695 Å². The third kappa shape index (κ3) is 134. The Morgan fingerprint density at radius 1 is 0.257 bits per heavy atom. The molecule has 113 heavy (non-hydrogen) atoms. The quantitative estimate of drug-likeness (QED) is 0.0187. The van der Waals surface area contributed by atoms with E-state index in [-0.39, 0.29) is 45.2 Å². The van der Waals surface area contributed by atoms with Gasteiger partial charge in [-0.2, -0.15) is 42.1 Å². The molecule has 0 heterocycles. The largest absolute Gasteiger partial charge is 0.400 e. The van der Waals surface area contributed by atoms with Crippen LogP contribution in [0.4, 0.5) is 0 Å². The zero-order valence-electron chi connectivity index (χ0n) is 72.6. The molecule has 0 saturated heterocycles. The molecule has 0 fully saturated rings. The van der Waals surface area contributed by atoms with Gasteiger partial charge in [0.15, 0.2) is 0 Å².